The monoisotopic (exact) mass is 394 g/mol. The lowest BCUT2D eigenvalue weighted by Crippen LogP contribution is -1.93. The number of nitrogens with one attached hydrogen (secondary N) is 2. The topological polar surface area (TPSA) is 33.3 Å². The smallest absolute Gasteiger partial charge is 0.119 e. The van der Waals surface area contributed by atoms with E-state index < -0.39 is 0 Å². The van der Waals surface area contributed by atoms with Crippen molar-refractivity contribution in [1.29, 1.82) is 0 Å². The third kappa shape index (κ3) is 5.21. The summed E-state index contributed by atoms with van der Waals surface area (Å²) in [7, 11) is 1.68. The summed E-state index contributed by atoms with van der Waals surface area (Å²) in [6.45, 7) is 2.10. The first-order chi connectivity index (χ1) is 14.7. The maximum Gasteiger partial charge on any atom is 0.119 e. The zero-order valence-corrected chi connectivity index (χ0v) is 17.4. The van der Waals surface area contributed by atoms with Gasteiger partial charge in [0.1, 0.15) is 5.75 Å². The first-order valence-corrected chi connectivity index (χ1v) is 10.1. The van der Waals surface area contributed by atoms with E-state index in [2.05, 4.69) is 90.4 Å². The van der Waals surface area contributed by atoms with Gasteiger partial charge in [-0.25, -0.2) is 0 Å². The molecule has 0 radical (unpaired) electrons. The molecule has 0 atom stereocenters. The Morgan fingerprint density at radius 1 is 0.533 bits per heavy atom. The Morgan fingerprint density at radius 2 is 0.900 bits per heavy atom. The van der Waals surface area contributed by atoms with Crippen LogP contribution in [0.1, 0.15) is 16.7 Å². The van der Waals surface area contributed by atoms with Crippen LogP contribution in [0.25, 0.3) is 0 Å². The minimum Gasteiger partial charge on any atom is -0.497 e. The van der Waals surface area contributed by atoms with Crippen LogP contribution in [0.5, 0.6) is 5.75 Å². The first kappa shape index (κ1) is 19.6. The van der Waals surface area contributed by atoms with Crippen LogP contribution in [0.3, 0.4) is 0 Å². The second-order valence-electron chi connectivity index (χ2n) is 7.42. The highest BCUT2D eigenvalue weighted by atomic mass is 16.5. The molecule has 30 heavy (non-hydrogen) atoms. The van der Waals surface area contributed by atoms with Crippen molar-refractivity contribution >= 4 is 22.7 Å². The standard InChI is InChI=1S/C27H26N2O/c1-20-3-9-23(10-4-20)28-24-11-5-21(6-12-24)19-22-7-13-25(14-8-22)29-26-15-17-27(30-2)18-16-26/h3-18,28-29H,19H2,1-2H3. The molecule has 0 aliphatic heterocycles. The van der Waals surface area contributed by atoms with Gasteiger partial charge in [-0.1, -0.05) is 42.0 Å². The molecule has 0 saturated heterocycles. The summed E-state index contributed by atoms with van der Waals surface area (Å²) >= 11 is 0. The molecular weight excluding hydrogens is 368 g/mol. The Bertz CT molecular complexity index is 1070. The summed E-state index contributed by atoms with van der Waals surface area (Å²) in [5, 5.41) is 6.86. The zero-order chi connectivity index (χ0) is 20.8. The van der Waals surface area contributed by atoms with E-state index in [-0.39, 0.29) is 0 Å². The van der Waals surface area contributed by atoms with Crippen molar-refractivity contribution in [3.63, 3.8) is 0 Å². The van der Waals surface area contributed by atoms with Gasteiger partial charge in [-0.05, 0) is 85.1 Å². The lowest BCUT2D eigenvalue weighted by atomic mass is 10.0. The van der Waals surface area contributed by atoms with Gasteiger partial charge in [-0.3, -0.25) is 0 Å². The van der Waals surface area contributed by atoms with Gasteiger partial charge in [0.25, 0.3) is 0 Å². The van der Waals surface area contributed by atoms with Crippen LogP contribution in [0.15, 0.2) is 97.1 Å². The Balaban J connectivity index is 1.35. The van der Waals surface area contributed by atoms with Crippen LogP contribution < -0.4 is 15.4 Å². The minimum absolute atomic E-state index is 0.857. The number of aryl methyl sites for hydroxylation is 1. The summed E-state index contributed by atoms with van der Waals surface area (Å²) in [6.07, 6.45) is 0.910. The Kier molecular flexibility index (Phi) is 6.00. The average molecular weight is 395 g/mol. The lowest BCUT2D eigenvalue weighted by molar-refractivity contribution is 0.415. The molecule has 2 N–H and O–H groups in total. The van der Waals surface area contributed by atoms with E-state index in [1.807, 2.05) is 24.3 Å². The van der Waals surface area contributed by atoms with E-state index in [1.54, 1.807) is 7.11 Å². The minimum atomic E-state index is 0.857. The molecule has 0 aliphatic rings. The zero-order valence-electron chi connectivity index (χ0n) is 17.4. The first-order valence-electron chi connectivity index (χ1n) is 10.1. The van der Waals surface area contributed by atoms with Crippen LogP contribution in [-0.4, -0.2) is 7.11 Å². The number of benzene rings is 4. The number of anilines is 4. The predicted octanol–water partition coefficient (Wildman–Crippen LogP) is 7.08. The van der Waals surface area contributed by atoms with E-state index >= 15 is 0 Å². The van der Waals surface area contributed by atoms with Crippen molar-refractivity contribution in [3.8, 4) is 5.75 Å². The summed E-state index contributed by atoms with van der Waals surface area (Å²) in [4.78, 5) is 0. The van der Waals surface area contributed by atoms with Crippen molar-refractivity contribution in [1.82, 2.24) is 0 Å². The number of rotatable bonds is 7. The largest absolute Gasteiger partial charge is 0.497 e. The van der Waals surface area contributed by atoms with E-state index in [9.17, 15) is 0 Å². The summed E-state index contributed by atoms with van der Waals surface area (Å²) in [5.41, 5.74) is 8.16. The number of hydrogen-bond acceptors (Lipinski definition) is 3. The van der Waals surface area contributed by atoms with Crippen LogP contribution >= 0.6 is 0 Å². The van der Waals surface area contributed by atoms with Crippen LogP contribution in [-0.2, 0) is 6.42 Å². The molecule has 0 unspecified atom stereocenters. The number of hydrogen-bond donors (Lipinski definition) is 2. The second-order valence-corrected chi connectivity index (χ2v) is 7.42. The third-order valence-electron chi connectivity index (χ3n) is 5.04. The molecule has 0 aromatic heterocycles. The summed E-state index contributed by atoms with van der Waals surface area (Å²) < 4.78 is 5.20. The van der Waals surface area contributed by atoms with E-state index in [4.69, 9.17) is 4.74 Å². The highest BCUT2D eigenvalue weighted by molar-refractivity contribution is 5.61. The maximum atomic E-state index is 5.20. The molecule has 3 heteroatoms. The van der Waals surface area contributed by atoms with Gasteiger partial charge in [-0.2, -0.15) is 0 Å². The van der Waals surface area contributed by atoms with Crippen molar-refractivity contribution in [2.75, 3.05) is 17.7 Å². The highest BCUT2D eigenvalue weighted by Gasteiger charge is 2.01. The van der Waals surface area contributed by atoms with Crippen LogP contribution in [0, 0.1) is 6.92 Å². The molecular formula is C27H26N2O. The van der Waals surface area contributed by atoms with Crippen LogP contribution in [0.4, 0.5) is 22.7 Å². The Morgan fingerprint density at radius 3 is 1.30 bits per heavy atom. The lowest BCUT2D eigenvalue weighted by Gasteiger charge is -2.10. The van der Waals surface area contributed by atoms with Crippen molar-refractivity contribution in [2.45, 2.75) is 13.3 Å². The summed E-state index contributed by atoms with van der Waals surface area (Å²) in [5.74, 6) is 0.857. The SMILES string of the molecule is COc1ccc(Nc2ccc(Cc3ccc(Nc4ccc(C)cc4)cc3)cc2)cc1. The van der Waals surface area contributed by atoms with Crippen molar-refractivity contribution in [2.24, 2.45) is 0 Å². The highest BCUT2D eigenvalue weighted by Crippen LogP contribution is 2.22. The third-order valence-corrected chi connectivity index (χ3v) is 5.04. The molecule has 3 nitrogen and oxygen atoms in total. The molecule has 0 bridgehead atoms. The van der Waals surface area contributed by atoms with E-state index in [0.29, 0.717) is 0 Å². The maximum absolute atomic E-state index is 5.20. The molecule has 4 aromatic rings. The Hall–Kier alpha value is -3.72. The molecule has 0 saturated carbocycles. The second kappa shape index (κ2) is 9.19. The number of ether oxygens (including phenoxy) is 1. The molecule has 0 aliphatic carbocycles. The molecule has 0 spiro atoms. The molecule has 4 rings (SSSR count). The quantitative estimate of drug-likeness (QED) is 0.351. The van der Waals surface area contributed by atoms with Gasteiger partial charge < -0.3 is 15.4 Å². The van der Waals surface area contributed by atoms with Gasteiger partial charge in [0.15, 0.2) is 0 Å². The fourth-order valence-electron chi connectivity index (χ4n) is 3.29. The van der Waals surface area contributed by atoms with Crippen LogP contribution in [0.2, 0.25) is 0 Å². The number of methoxy groups -OCH3 is 1. The molecule has 4 aromatic carbocycles. The van der Waals surface area contributed by atoms with E-state index in [1.165, 1.54) is 16.7 Å². The molecule has 0 heterocycles. The van der Waals surface area contributed by atoms with Gasteiger partial charge in [0.2, 0.25) is 0 Å². The van der Waals surface area contributed by atoms with Gasteiger partial charge >= 0.3 is 0 Å². The van der Waals surface area contributed by atoms with Gasteiger partial charge in [0, 0.05) is 22.7 Å². The molecule has 150 valence electrons. The van der Waals surface area contributed by atoms with Crippen molar-refractivity contribution in [3.05, 3.63) is 114 Å². The predicted molar refractivity (Wildman–Crippen MR) is 126 cm³/mol. The summed E-state index contributed by atoms with van der Waals surface area (Å²) in [6, 6.07) is 33.6. The van der Waals surface area contributed by atoms with Crippen molar-refractivity contribution < 1.29 is 4.74 Å². The fourth-order valence-corrected chi connectivity index (χ4v) is 3.29. The van der Waals surface area contributed by atoms with E-state index in [0.717, 1.165) is 34.9 Å². The van der Waals surface area contributed by atoms with Gasteiger partial charge in [-0.15, -0.1) is 0 Å². The average Bonchev–Trinajstić information content (AvgIpc) is 2.78. The van der Waals surface area contributed by atoms with Gasteiger partial charge in [0.05, 0.1) is 7.11 Å². The molecule has 0 amide bonds. The molecule has 0 fully saturated rings. The normalized spacial score (nSPS) is 10.5. The Labute approximate surface area is 178 Å². The fraction of sp³-hybridized carbons (Fsp3) is 0.111.